The maximum Gasteiger partial charge on any atom is 0.510 e. The molecule has 0 aliphatic carbocycles. The summed E-state index contributed by atoms with van der Waals surface area (Å²) in [4.78, 5) is 26.1. The van der Waals surface area contributed by atoms with Crippen LogP contribution in [0, 0.1) is 5.92 Å². The Morgan fingerprint density at radius 2 is 1.80 bits per heavy atom. The van der Waals surface area contributed by atoms with Crippen molar-refractivity contribution in [3.05, 3.63) is 32.8 Å². The van der Waals surface area contributed by atoms with E-state index < -0.39 is 12.4 Å². The summed E-state index contributed by atoms with van der Waals surface area (Å²) in [7, 11) is 0. The maximum atomic E-state index is 12.9. The van der Waals surface area contributed by atoms with Gasteiger partial charge in [-0.05, 0) is 37.5 Å². The van der Waals surface area contributed by atoms with E-state index in [1.807, 2.05) is 13.8 Å². The van der Waals surface area contributed by atoms with Crippen molar-refractivity contribution in [3.8, 4) is 0 Å². The molecule has 1 aromatic rings. The van der Waals surface area contributed by atoms with Gasteiger partial charge in [-0.3, -0.25) is 4.79 Å². The van der Waals surface area contributed by atoms with Crippen LogP contribution in [0.1, 0.15) is 32.8 Å². The van der Waals surface area contributed by atoms with E-state index in [1.54, 1.807) is 24.0 Å². The van der Waals surface area contributed by atoms with Gasteiger partial charge in [0.25, 0.3) is 0 Å². The van der Waals surface area contributed by atoms with Gasteiger partial charge in [-0.2, -0.15) is 0 Å². The number of benzene rings is 1. The van der Waals surface area contributed by atoms with Crippen LogP contribution in [0.2, 0.25) is 15.1 Å². The normalized spacial score (nSPS) is 22.8. The summed E-state index contributed by atoms with van der Waals surface area (Å²) in [6.45, 7) is 5.82. The predicted molar refractivity (Wildman–Crippen MR) is 97.2 cm³/mol. The number of halogens is 3. The standard InChI is InChI=1S/C17H20Cl3NO4/c1-4-24-17(23)25-16-5-9(2)10(3)21(16)15(22)8-12-13(19)6-11(18)7-14(12)20/h6-7,9-10,16H,4-5,8H2,1-3H3. The molecule has 3 unspecified atom stereocenters. The topological polar surface area (TPSA) is 55.8 Å². The molecule has 1 fully saturated rings. The number of likely N-dealkylation sites (tertiary alicyclic amines) is 1. The molecule has 1 aliphatic rings. The lowest BCUT2D eigenvalue weighted by atomic mass is 10.0. The average molecular weight is 409 g/mol. The van der Waals surface area contributed by atoms with Crippen LogP contribution in [0.25, 0.3) is 0 Å². The average Bonchev–Trinajstić information content (AvgIpc) is 2.77. The van der Waals surface area contributed by atoms with Crippen LogP contribution in [-0.4, -0.2) is 35.8 Å². The molecule has 138 valence electrons. The summed E-state index contributed by atoms with van der Waals surface area (Å²) in [6, 6.07) is 3.00. The molecule has 8 heteroatoms. The van der Waals surface area contributed by atoms with E-state index in [4.69, 9.17) is 44.3 Å². The van der Waals surface area contributed by atoms with Crippen LogP contribution in [0.3, 0.4) is 0 Å². The molecule has 0 aromatic heterocycles. The molecule has 0 saturated carbocycles. The lowest BCUT2D eigenvalue weighted by Crippen LogP contribution is -2.43. The molecule has 5 nitrogen and oxygen atoms in total. The largest absolute Gasteiger partial charge is 0.510 e. The van der Waals surface area contributed by atoms with E-state index in [2.05, 4.69) is 0 Å². The Balaban J connectivity index is 2.19. The lowest BCUT2D eigenvalue weighted by molar-refractivity contribution is -0.141. The second-order valence-electron chi connectivity index (χ2n) is 6.03. The highest BCUT2D eigenvalue weighted by Crippen LogP contribution is 2.34. The molecule has 0 bridgehead atoms. The molecule has 0 spiro atoms. The zero-order chi connectivity index (χ0) is 18.7. The Morgan fingerprint density at radius 1 is 1.20 bits per heavy atom. The number of nitrogens with zero attached hydrogens (tertiary/aromatic N) is 1. The number of rotatable bonds is 4. The minimum absolute atomic E-state index is 0.00538. The van der Waals surface area contributed by atoms with Gasteiger partial charge in [-0.25, -0.2) is 4.79 Å². The maximum absolute atomic E-state index is 12.9. The van der Waals surface area contributed by atoms with Gasteiger partial charge in [0.2, 0.25) is 5.91 Å². The van der Waals surface area contributed by atoms with E-state index in [0.29, 0.717) is 27.1 Å². The second kappa shape index (κ2) is 8.47. The molecule has 25 heavy (non-hydrogen) atoms. The van der Waals surface area contributed by atoms with E-state index in [-0.39, 0.29) is 30.9 Å². The number of hydrogen-bond donors (Lipinski definition) is 0. The summed E-state index contributed by atoms with van der Waals surface area (Å²) >= 11 is 18.2. The molecular formula is C17H20Cl3NO4. The van der Waals surface area contributed by atoms with Gasteiger partial charge in [0.15, 0.2) is 6.23 Å². The van der Waals surface area contributed by atoms with Crippen LogP contribution in [0.15, 0.2) is 12.1 Å². The summed E-state index contributed by atoms with van der Waals surface area (Å²) in [5.41, 5.74) is 0.499. The van der Waals surface area contributed by atoms with Crippen molar-refractivity contribution in [2.24, 2.45) is 5.92 Å². The van der Waals surface area contributed by atoms with E-state index in [1.165, 1.54) is 0 Å². The van der Waals surface area contributed by atoms with Crippen molar-refractivity contribution in [1.29, 1.82) is 0 Å². The first-order valence-electron chi connectivity index (χ1n) is 8.02. The Labute approximate surface area is 162 Å². The first-order chi connectivity index (χ1) is 11.7. The number of ether oxygens (including phenoxy) is 2. The SMILES string of the molecule is CCOC(=O)OC1CC(C)C(C)N1C(=O)Cc1c(Cl)cc(Cl)cc1Cl. The van der Waals surface area contributed by atoms with E-state index in [9.17, 15) is 9.59 Å². The fourth-order valence-corrected chi connectivity index (χ4v) is 3.85. The minimum atomic E-state index is -0.783. The quantitative estimate of drug-likeness (QED) is 0.662. The summed E-state index contributed by atoms with van der Waals surface area (Å²) in [5.74, 6) is -0.0446. The van der Waals surface area contributed by atoms with Gasteiger partial charge in [0.1, 0.15) is 0 Å². The molecule has 0 N–H and O–H groups in total. The highest BCUT2D eigenvalue weighted by molar-refractivity contribution is 6.39. The molecule has 1 saturated heterocycles. The summed E-state index contributed by atoms with van der Waals surface area (Å²) < 4.78 is 10.1. The Kier molecular flexibility index (Phi) is 6.83. The molecule has 1 amide bonds. The Bertz CT molecular complexity index is 644. The first kappa shape index (κ1) is 20.1. The van der Waals surface area contributed by atoms with Gasteiger partial charge in [-0.1, -0.05) is 41.7 Å². The highest BCUT2D eigenvalue weighted by atomic mass is 35.5. The number of carbonyl (C=O) groups is 2. The van der Waals surface area contributed by atoms with Gasteiger partial charge < -0.3 is 14.4 Å². The van der Waals surface area contributed by atoms with Crippen molar-refractivity contribution < 1.29 is 19.1 Å². The molecule has 1 aliphatic heterocycles. The van der Waals surface area contributed by atoms with E-state index in [0.717, 1.165) is 0 Å². The predicted octanol–water partition coefficient (Wildman–Crippen LogP) is 4.95. The summed E-state index contributed by atoms with van der Waals surface area (Å²) in [5, 5.41) is 1.06. The van der Waals surface area contributed by atoms with Crippen LogP contribution in [-0.2, 0) is 20.7 Å². The molecule has 0 radical (unpaired) electrons. The lowest BCUT2D eigenvalue weighted by Gasteiger charge is -2.28. The van der Waals surface area contributed by atoms with Gasteiger partial charge in [-0.15, -0.1) is 0 Å². The second-order valence-corrected chi connectivity index (χ2v) is 7.29. The van der Waals surface area contributed by atoms with E-state index >= 15 is 0 Å². The monoisotopic (exact) mass is 407 g/mol. The Morgan fingerprint density at radius 3 is 2.36 bits per heavy atom. The van der Waals surface area contributed by atoms with Crippen molar-refractivity contribution >= 4 is 46.9 Å². The first-order valence-corrected chi connectivity index (χ1v) is 9.16. The van der Waals surface area contributed by atoms with Crippen LogP contribution in [0.5, 0.6) is 0 Å². The molecular weight excluding hydrogens is 389 g/mol. The van der Waals surface area contributed by atoms with Gasteiger partial charge >= 0.3 is 6.16 Å². The van der Waals surface area contributed by atoms with Gasteiger partial charge in [0.05, 0.1) is 13.0 Å². The molecule has 3 atom stereocenters. The fourth-order valence-electron chi connectivity index (χ4n) is 2.90. The minimum Gasteiger partial charge on any atom is -0.435 e. The van der Waals surface area contributed by atoms with Crippen LogP contribution >= 0.6 is 34.8 Å². The Hall–Kier alpha value is -1.17. The molecule has 2 rings (SSSR count). The zero-order valence-electron chi connectivity index (χ0n) is 14.2. The number of carbonyl (C=O) groups excluding carboxylic acids is 2. The number of amides is 1. The van der Waals surface area contributed by atoms with Crippen LogP contribution in [0.4, 0.5) is 4.79 Å². The van der Waals surface area contributed by atoms with Crippen molar-refractivity contribution in [2.45, 2.75) is 45.9 Å². The van der Waals surface area contributed by atoms with Crippen molar-refractivity contribution in [2.75, 3.05) is 6.61 Å². The fraction of sp³-hybridized carbons (Fsp3) is 0.529. The third kappa shape index (κ3) is 4.72. The number of hydrogen-bond acceptors (Lipinski definition) is 4. The van der Waals surface area contributed by atoms with Crippen molar-refractivity contribution in [3.63, 3.8) is 0 Å². The highest BCUT2D eigenvalue weighted by Gasteiger charge is 2.41. The molecule has 1 aromatic carbocycles. The third-order valence-electron chi connectivity index (χ3n) is 4.36. The van der Waals surface area contributed by atoms with Crippen molar-refractivity contribution in [1.82, 2.24) is 4.90 Å². The zero-order valence-corrected chi connectivity index (χ0v) is 16.5. The van der Waals surface area contributed by atoms with Gasteiger partial charge in [0, 0.05) is 27.5 Å². The summed E-state index contributed by atoms with van der Waals surface area (Å²) in [6.07, 6.45) is -0.905. The smallest absolute Gasteiger partial charge is 0.435 e. The van der Waals surface area contributed by atoms with Crippen LogP contribution < -0.4 is 0 Å². The third-order valence-corrected chi connectivity index (χ3v) is 5.25. The molecule has 1 heterocycles.